The van der Waals surface area contributed by atoms with Gasteiger partial charge in [-0.15, -0.1) is 0 Å². The molecule has 1 aromatic heterocycles. The number of carbonyl (C=O) groups is 2. The molecule has 86 valence electrons. The summed E-state index contributed by atoms with van der Waals surface area (Å²) < 4.78 is 0. The summed E-state index contributed by atoms with van der Waals surface area (Å²) in [6.45, 7) is -0.429. The first-order valence-electron chi connectivity index (χ1n) is 4.65. The fourth-order valence-electron chi connectivity index (χ4n) is 1.17. The maximum absolute atomic E-state index is 11.7. The third kappa shape index (κ3) is 2.41. The first kappa shape index (κ1) is 12.3. The predicted octanol–water partition coefficient (Wildman–Crippen LogP) is -1.07. The van der Waals surface area contributed by atoms with Crippen LogP contribution in [0.4, 0.5) is 0 Å². The summed E-state index contributed by atoms with van der Waals surface area (Å²) >= 11 is 0. The summed E-state index contributed by atoms with van der Waals surface area (Å²) in [4.78, 5) is 26.4. The highest BCUT2D eigenvalue weighted by molar-refractivity contribution is 6.08. The number of aliphatic carboxylic acids is 1. The van der Waals surface area contributed by atoms with E-state index in [1.807, 2.05) is 0 Å². The zero-order chi connectivity index (χ0) is 12.2. The number of ketones is 1. The number of pyridine rings is 1. The number of nitrogens with two attached hydrogens (primary N) is 2. The molecule has 6 nitrogen and oxygen atoms in total. The number of Topliss-reactive ketones (excluding diaryl/α,β-unsaturated/α-hetero) is 1. The summed E-state index contributed by atoms with van der Waals surface area (Å²) in [5.74, 6) is -2.04. The lowest BCUT2D eigenvalue weighted by atomic mass is 9.91. The van der Waals surface area contributed by atoms with Gasteiger partial charge >= 0.3 is 5.97 Å². The van der Waals surface area contributed by atoms with Crippen molar-refractivity contribution in [2.24, 2.45) is 11.5 Å². The second kappa shape index (κ2) is 4.82. The molecule has 0 amide bonds. The Morgan fingerprint density at radius 2 is 2.19 bits per heavy atom. The van der Waals surface area contributed by atoms with Crippen molar-refractivity contribution < 1.29 is 14.7 Å². The van der Waals surface area contributed by atoms with Gasteiger partial charge in [0.15, 0.2) is 11.3 Å². The zero-order valence-electron chi connectivity index (χ0n) is 8.59. The van der Waals surface area contributed by atoms with E-state index in [9.17, 15) is 9.59 Å². The van der Waals surface area contributed by atoms with Gasteiger partial charge in [-0.3, -0.25) is 9.78 Å². The molecule has 0 aliphatic heterocycles. The molecule has 0 radical (unpaired) electrons. The highest BCUT2D eigenvalue weighted by atomic mass is 16.4. The molecule has 16 heavy (non-hydrogen) atoms. The number of rotatable bonds is 5. The van der Waals surface area contributed by atoms with Crippen LogP contribution in [0.3, 0.4) is 0 Å². The Labute approximate surface area is 92.3 Å². The van der Waals surface area contributed by atoms with Crippen molar-refractivity contribution in [2.75, 3.05) is 6.54 Å². The molecular weight excluding hydrogens is 210 g/mol. The van der Waals surface area contributed by atoms with Crippen LogP contribution < -0.4 is 11.5 Å². The number of nitrogens with zero attached hydrogens (tertiary/aromatic N) is 1. The zero-order valence-corrected chi connectivity index (χ0v) is 8.59. The average molecular weight is 223 g/mol. The summed E-state index contributed by atoms with van der Waals surface area (Å²) in [6.07, 6.45) is 2.95. The Morgan fingerprint density at radius 3 is 2.62 bits per heavy atom. The molecule has 1 unspecified atom stereocenters. The van der Waals surface area contributed by atoms with E-state index in [1.165, 1.54) is 6.20 Å². The molecule has 1 aromatic rings. The van der Waals surface area contributed by atoms with Gasteiger partial charge < -0.3 is 16.6 Å². The van der Waals surface area contributed by atoms with Gasteiger partial charge in [0, 0.05) is 25.4 Å². The van der Waals surface area contributed by atoms with Crippen molar-refractivity contribution in [3.63, 3.8) is 0 Å². The predicted molar refractivity (Wildman–Crippen MR) is 56.6 cm³/mol. The molecule has 0 bridgehead atoms. The summed E-state index contributed by atoms with van der Waals surface area (Å²) in [6, 6.07) is 3.33. The minimum Gasteiger partial charge on any atom is -0.479 e. The van der Waals surface area contributed by atoms with E-state index in [2.05, 4.69) is 4.98 Å². The van der Waals surface area contributed by atoms with E-state index in [-0.39, 0.29) is 6.42 Å². The topological polar surface area (TPSA) is 119 Å². The molecule has 1 heterocycles. The molecule has 1 atom stereocenters. The lowest BCUT2D eigenvalue weighted by Crippen LogP contribution is -2.60. The van der Waals surface area contributed by atoms with Crippen LogP contribution in [0.5, 0.6) is 0 Å². The number of hydrogen-bond acceptors (Lipinski definition) is 5. The van der Waals surface area contributed by atoms with Crippen molar-refractivity contribution in [1.29, 1.82) is 0 Å². The molecule has 0 spiro atoms. The van der Waals surface area contributed by atoms with Crippen molar-refractivity contribution in [1.82, 2.24) is 4.98 Å². The summed E-state index contributed by atoms with van der Waals surface area (Å²) in [5.41, 5.74) is 9.25. The lowest BCUT2D eigenvalue weighted by molar-refractivity contribution is -0.147. The van der Waals surface area contributed by atoms with Crippen LogP contribution in [0.15, 0.2) is 24.5 Å². The van der Waals surface area contributed by atoms with E-state index < -0.39 is 23.8 Å². The molecule has 0 aliphatic rings. The quantitative estimate of drug-likeness (QED) is 0.547. The first-order chi connectivity index (χ1) is 7.50. The Hall–Kier alpha value is -1.79. The van der Waals surface area contributed by atoms with Gasteiger partial charge in [0.25, 0.3) is 0 Å². The maximum Gasteiger partial charge on any atom is 0.332 e. The largest absolute Gasteiger partial charge is 0.479 e. The first-order valence-corrected chi connectivity index (χ1v) is 4.65. The Morgan fingerprint density at radius 1 is 1.50 bits per heavy atom. The molecule has 0 saturated heterocycles. The van der Waals surface area contributed by atoms with Crippen LogP contribution in [-0.2, 0) is 16.0 Å². The van der Waals surface area contributed by atoms with E-state index in [1.54, 1.807) is 18.3 Å². The van der Waals surface area contributed by atoms with Gasteiger partial charge in [0.1, 0.15) is 0 Å². The summed E-state index contributed by atoms with van der Waals surface area (Å²) in [7, 11) is 0. The highest BCUT2D eigenvalue weighted by Gasteiger charge is 2.40. The third-order valence-electron chi connectivity index (χ3n) is 2.29. The highest BCUT2D eigenvalue weighted by Crippen LogP contribution is 2.07. The third-order valence-corrected chi connectivity index (χ3v) is 2.29. The molecule has 0 aliphatic carbocycles. The molecular formula is C10H13N3O3. The van der Waals surface area contributed by atoms with Crippen LogP contribution in [-0.4, -0.2) is 33.9 Å². The van der Waals surface area contributed by atoms with Gasteiger partial charge in [-0.2, -0.15) is 0 Å². The molecule has 6 heteroatoms. The van der Waals surface area contributed by atoms with Crippen molar-refractivity contribution in [2.45, 2.75) is 12.0 Å². The lowest BCUT2D eigenvalue weighted by Gasteiger charge is -2.20. The standard InChI is InChI=1S/C10H13N3O3/c11-6-10(12,9(15)16)8(14)4-7-2-1-3-13-5-7/h1-3,5H,4,6,11-12H2,(H,15,16). The number of hydrogen-bond donors (Lipinski definition) is 3. The minimum atomic E-state index is -2.02. The van der Waals surface area contributed by atoms with Gasteiger partial charge in [-0.1, -0.05) is 6.07 Å². The normalized spacial score (nSPS) is 14.1. The van der Waals surface area contributed by atoms with Gasteiger partial charge in [0.2, 0.25) is 0 Å². The van der Waals surface area contributed by atoms with Crippen molar-refractivity contribution in [3.8, 4) is 0 Å². The minimum absolute atomic E-state index is 0.0894. The van der Waals surface area contributed by atoms with Crippen molar-refractivity contribution >= 4 is 11.8 Å². The van der Waals surface area contributed by atoms with Gasteiger partial charge in [0.05, 0.1) is 0 Å². The van der Waals surface area contributed by atoms with E-state index >= 15 is 0 Å². The molecule has 0 saturated carbocycles. The Bertz CT molecular complexity index is 394. The van der Waals surface area contributed by atoms with Gasteiger partial charge in [-0.05, 0) is 11.6 Å². The molecule has 0 aromatic carbocycles. The van der Waals surface area contributed by atoms with E-state index in [4.69, 9.17) is 16.6 Å². The van der Waals surface area contributed by atoms with E-state index in [0.29, 0.717) is 5.56 Å². The Kier molecular flexibility index (Phi) is 3.70. The molecule has 0 fully saturated rings. The average Bonchev–Trinajstić information content (AvgIpc) is 2.28. The number of carboxylic acid groups (broad SMARTS) is 1. The van der Waals surface area contributed by atoms with Gasteiger partial charge in [-0.25, -0.2) is 4.79 Å². The molecule has 1 rings (SSSR count). The van der Waals surface area contributed by atoms with Crippen molar-refractivity contribution in [3.05, 3.63) is 30.1 Å². The number of carbonyl (C=O) groups excluding carboxylic acids is 1. The SMILES string of the molecule is NCC(N)(C(=O)O)C(=O)Cc1cccnc1. The monoisotopic (exact) mass is 223 g/mol. The van der Waals surface area contributed by atoms with Crippen LogP contribution in [0.25, 0.3) is 0 Å². The Balaban J connectivity index is 2.83. The fraction of sp³-hybridized carbons (Fsp3) is 0.300. The van der Waals surface area contributed by atoms with Crippen LogP contribution in [0.1, 0.15) is 5.56 Å². The second-order valence-electron chi connectivity index (χ2n) is 3.44. The summed E-state index contributed by atoms with van der Waals surface area (Å²) in [5, 5.41) is 8.84. The smallest absolute Gasteiger partial charge is 0.332 e. The van der Waals surface area contributed by atoms with E-state index in [0.717, 1.165) is 0 Å². The number of carboxylic acids is 1. The molecule has 5 N–H and O–H groups in total. The van der Waals surface area contributed by atoms with Crippen LogP contribution >= 0.6 is 0 Å². The fourth-order valence-corrected chi connectivity index (χ4v) is 1.17. The van der Waals surface area contributed by atoms with Crippen LogP contribution in [0, 0.1) is 0 Å². The maximum atomic E-state index is 11.7. The second-order valence-corrected chi connectivity index (χ2v) is 3.44. The van der Waals surface area contributed by atoms with Crippen LogP contribution in [0.2, 0.25) is 0 Å². The number of aromatic nitrogens is 1.